The highest BCUT2D eigenvalue weighted by Crippen LogP contribution is 2.45. The quantitative estimate of drug-likeness (QED) is 0.806. The first-order valence-electron chi connectivity index (χ1n) is 7.08. The molecule has 0 unspecified atom stereocenters. The highest BCUT2D eigenvalue weighted by Gasteiger charge is 2.36. The van der Waals surface area contributed by atoms with E-state index in [1.807, 2.05) is 36.4 Å². The van der Waals surface area contributed by atoms with Gasteiger partial charge in [-0.3, -0.25) is 4.79 Å². The van der Waals surface area contributed by atoms with E-state index in [2.05, 4.69) is 12.1 Å². The van der Waals surface area contributed by atoms with E-state index in [0.29, 0.717) is 0 Å². The molecule has 1 aliphatic carbocycles. The van der Waals surface area contributed by atoms with Gasteiger partial charge in [-0.1, -0.05) is 36.4 Å². The third-order valence-electron chi connectivity index (χ3n) is 3.98. The second-order valence-electron chi connectivity index (χ2n) is 5.32. The SMILES string of the molecule is COc1ccc2c(c1)C[C@@H](c1ccccc1)[C@H]2OC(C)=O. The van der Waals surface area contributed by atoms with Crippen LogP contribution in [-0.2, 0) is 16.0 Å². The normalized spacial score (nSPS) is 19.9. The smallest absolute Gasteiger partial charge is 0.303 e. The average Bonchev–Trinajstić information content (AvgIpc) is 2.85. The van der Waals surface area contributed by atoms with Crippen molar-refractivity contribution in [2.75, 3.05) is 7.11 Å². The molecule has 0 fully saturated rings. The molecule has 2 atom stereocenters. The highest BCUT2D eigenvalue weighted by atomic mass is 16.5. The lowest BCUT2D eigenvalue weighted by Gasteiger charge is -2.20. The molecule has 0 spiro atoms. The molecule has 0 aromatic heterocycles. The third-order valence-corrected chi connectivity index (χ3v) is 3.98. The van der Waals surface area contributed by atoms with Gasteiger partial charge >= 0.3 is 5.97 Å². The first-order valence-corrected chi connectivity index (χ1v) is 7.08. The van der Waals surface area contributed by atoms with Gasteiger partial charge in [-0.25, -0.2) is 0 Å². The van der Waals surface area contributed by atoms with Crippen LogP contribution in [0.1, 0.15) is 35.6 Å². The number of rotatable bonds is 3. The van der Waals surface area contributed by atoms with Crippen LogP contribution in [0, 0.1) is 0 Å². The summed E-state index contributed by atoms with van der Waals surface area (Å²) in [5.74, 6) is 0.755. The minimum Gasteiger partial charge on any atom is -0.497 e. The van der Waals surface area contributed by atoms with Gasteiger partial charge in [-0.05, 0) is 35.2 Å². The molecular weight excluding hydrogens is 264 g/mol. The summed E-state index contributed by atoms with van der Waals surface area (Å²) in [5.41, 5.74) is 3.47. The summed E-state index contributed by atoms with van der Waals surface area (Å²) in [4.78, 5) is 11.5. The second-order valence-corrected chi connectivity index (χ2v) is 5.32. The minimum atomic E-state index is -0.246. The number of hydrogen-bond donors (Lipinski definition) is 0. The zero-order chi connectivity index (χ0) is 14.8. The van der Waals surface area contributed by atoms with E-state index in [1.54, 1.807) is 7.11 Å². The molecule has 0 radical (unpaired) electrons. The van der Waals surface area contributed by atoms with Crippen LogP contribution in [0.2, 0.25) is 0 Å². The van der Waals surface area contributed by atoms with Gasteiger partial charge in [0.05, 0.1) is 7.11 Å². The van der Waals surface area contributed by atoms with Gasteiger partial charge in [0.1, 0.15) is 11.9 Å². The monoisotopic (exact) mass is 282 g/mol. The Morgan fingerprint density at radius 2 is 1.90 bits per heavy atom. The van der Waals surface area contributed by atoms with Gasteiger partial charge in [0.25, 0.3) is 0 Å². The van der Waals surface area contributed by atoms with E-state index in [0.717, 1.165) is 17.7 Å². The molecule has 1 aliphatic rings. The predicted octanol–water partition coefficient (Wildman–Crippen LogP) is 3.64. The summed E-state index contributed by atoms with van der Waals surface area (Å²) in [6.45, 7) is 1.46. The van der Waals surface area contributed by atoms with Crippen LogP contribution in [0.5, 0.6) is 5.75 Å². The van der Waals surface area contributed by atoms with Gasteiger partial charge in [0.15, 0.2) is 0 Å². The van der Waals surface area contributed by atoms with E-state index >= 15 is 0 Å². The number of hydrogen-bond acceptors (Lipinski definition) is 3. The van der Waals surface area contributed by atoms with Crippen LogP contribution >= 0.6 is 0 Å². The number of ether oxygens (including phenoxy) is 2. The van der Waals surface area contributed by atoms with E-state index < -0.39 is 0 Å². The third kappa shape index (κ3) is 2.64. The Morgan fingerprint density at radius 1 is 1.14 bits per heavy atom. The highest BCUT2D eigenvalue weighted by molar-refractivity contribution is 5.67. The van der Waals surface area contributed by atoms with E-state index in [4.69, 9.17) is 9.47 Å². The minimum absolute atomic E-state index is 0.164. The number of carbonyl (C=O) groups excluding carboxylic acids is 1. The van der Waals surface area contributed by atoms with Crippen molar-refractivity contribution < 1.29 is 14.3 Å². The Morgan fingerprint density at radius 3 is 2.57 bits per heavy atom. The molecule has 3 rings (SSSR count). The van der Waals surface area contributed by atoms with Gasteiger partial charge < -0.3 is 9.47 Å². The van der Waals surface area contributed by atoms with Gasteiger partial charge in [0.2, 0.25) is 0 Å². The molecule has 0 heterocycles. The number of esters is 1. The fourth-order valence-electron chi connectivity index (χ4n) is 3.04. The molecule has 3 nitrogen and oxygen atoms in total. The Bertz CT molecular complexity index is 649. The zero-order valence-electron chi connectivity index (χ0n) is 12.2. The first kappa shape index (κ1) is 13.7. The lowest BCUT2D eigenvalue weighted by Crippen LogP contribution is -2.13. The van der Waals surface area contributed by atoms with E-state index in [1.165, 1.54) is 18.1 Å². The maximum atomic E-state index is 11.5. The lowest BCUT2D eigenvalue weighted by atomic mass is 9.94. The van der Waals surface area contributed by atoms with Crippen LogP contribution in [0.3, 0.4) is 0 Å². The second kappa shape index (κ2) is 5.60. The predicted molar refractivity (Wildman–Crippen MR) is 80.4 cm³/mol. The van der Waals surface area contributed by atoms with Gasteiger partial charge in [-0.15, -0.1) is 0 Å². The molecule has 0 bridgehead atoms. The Kier molecular flexibility index (Phi) is 3.65. The van der Waals surface area contributed by atoms with Crippen LogP contribution in [-0.4, -0.2) is 13.1 Å². The zero-order valence-corrected chi connectivity index (χ0v) is 12.2. The molecule has 21 heavy (non-hydrogen) atoms. The molecule has 2 aromatic rings. The number of methoxy groups -OCH3 is 1. The van der Waals surface area contributed by atoms with Crippen LogP contribution in [0.25, 0.3) is 0 Å². The van der Waals surface area contributed by atoms with Crippen molar-refractivity contribution in [2.45, 2.75) is 25.4 Å². The molecular formula is C18H18O3. The Labute approximate surface area is 124 Å². The van der Waals surface area contributed by atoms with Crippen molar-refractivity contribution in [3.8, 4) is 5.75 Å². The Balaban J connectivity index is 2.00. The largest absolute Gasteiger partial charge is 0.497 e. The summed E-state index contributed by atoms with van der Waals surface area (Å²) in [5, 5.41) is 0. The summed E-state index contributed by atoms with van der Waals surface area (Å²) in [6.07, 6.45) is 0.639. The summed E-state index contributed by atoms with van der Waals surface area (Å²) in [7, 11) is 1.66. The molecule has 0 amide bonds. The van der Waals surface area contributed by atoms with Crippen molar-refractivity contribution in [3.63, 3.8) is 0 Å². The van der Waals surface area contributed by atoms with Crippen molar-refractivity contribution in [3.05, 3.63) is 65.2 Å². The molecule has 3 heteroatoms. The topological polar surface area (TPSA) is 35.5 Å². The molecule has 0 aliphatic heterocycles. The number of carbonyl (C=O) groups is 1. The molecule has 0 saturated heterocycles. The van der Waals surface area contributed by atoms with Crippen molar-refractivity contribution in [2.24, 2.45) is 0 Å². The van der Waals surface area contributed by atoms with Crippen molar-refractivity contribution in [1.29, 1.82) is 0 Å². The van der Waals surface area contributed by atoms with E-state index in [9.17, 15) is 4.79 Å². The van der Waals surface area contributed by atoms with Crippen molar-refractivity contribution in [1.82, 2.24) is 0 Å². The molecule has 0 N–H and O–H groups in total. The average molecular weight is 282 g/mol. The summed E-state index contributed by atoms with van der Waals surface area (Å²) < 4.78 is 10.9. The van der Waals surface area contributed by atoms with Crippen LogP contribution in [0.4, 0.5) is 0 Å². The molecule has 0 saturated carbocycles. The van der Waals surface area contributed by atoms with Gasteiger partial charge in [0, 0.05) is 12.8 Å². The van der Waals surface area contributed by atoms with Gasteiger partial charge in [-0.2, -0.15) is 0 Å². The van der Waals surface area contributed by atoms with Crippen LogP contribution in [0.15, 0.2) is 48.5 Å². The first-order chi connectivity index (χ1) is 10.2. The van der Waals surface area contributed by atoms with Crippen molar-refractivity contribution >= 4 is 5.97 Å². The lowest BCUT2D eigenvalue weighted by molar-refractivity contribution is -0.147. The number of fused-ring (bicyclic) bond motifs is 1. The van der Waals surface area contributed by atoms with E-state index in [-0.39, 0.29) is 18.0 Å². The molecule has 2 aromatic carbocycles. The summed E-state index contributed by atoms with van der Waals surface area (Å²) in [6, 6.07) is 16.2. The van der Waals surface area contributed by atoms with Crippen LogP contribution < -0.4 is 4.74 Å². The summed E-state index contributed by atoms with van der Waals surface area (Å²) >= 11 is 0. The number of benzene rings is 2. The fraction of sp³-hybridized carbons (Fsp3) is 0.278. The maximum absolute atomic E-state index is 11.5. The maximum Gasteiger partial charge on any atom is 0.303 e. The molecule has 108 valence electrons. The fourth-order valence-corrected chi connectivity index (χ4v) is 3.04. The standard InChI is InChI=1S/C18H18O3/c1-12(19)21-18-16-9-8-15(20-2)10-14(16)11-17(18)13-6-4-3-5-7-13/h3-10,17-18H,11H2,1-2H3/t17-,18-/m0/s1. The Hall–Kier alpha value is -2.29.